The molecule has 3 rings (SSSR count). The number of esters is 1. The molecule has 2 heterocycles. The van der Waals surface area contributed by atoms with Gasteiger partial charge in [0.15, 0.2) is 5.69 Å². The zero-order chi connectivity index (χ0) is 16.2. The Morgan fingerprint density at radius 2 is 1.96 bits per heavy atom. The smallest absolute Gasteiger partial charge is 0.358 e. The van der Waals surface area contributed by atoms with Gasteiger partial charge in [-0.25, -0.2) is 4.79 Å². The molecule has 1 saturated heterocycles. The molecule has 122 valence electrons. The van der Waals surface area contributed by atoms with E-state index >= 15 is 0 Å². The molecule has 0 radical (unpaired) electrons. The second kappa shape index (κ2) is 6.73. The van der Waals surface area contributed by atoms with Gasteiger partial charge in [0.05, 0.1) is 12.3 Å². The van der Waals surface area contributed by atoms with Gasteiger partial charge < -0.3 is 15.4 Å². The molecule has 6 heteroatoms. The predicted octanol–water partition coefficient (Wildman–Crippen LogP) is 2.83. The number of aromatic nitrogens is 2. The molecule has 6 nitrogen and oxygen atoms in total. The summed E-state index contributed by atoms with van der Waals surface area (Å²) < 4.78 is 4.96. The summed E-state index contributed by atoms with van der Waals surface area (Å²) in [6, 6.07) is 8.15. The first-order valence-electron chi connectivity index (χ1n) is 8.07. The van der Waals surface area contributed by atoms with E-state index < -0.39 is 5.97 Å². The summed E-state index contributed by atoms with van der Waals surface area (Å²) in [5.41, 5.74) is 9.26. The molecule has 1 aliphatic heterocycles. The SMILES string of the molecule is CCOC(=O)c1[nH]nc(-c2ccc(N3CCCCC3)cc2)c1N. The summed E-state index contributed by atoms with van der Waals surface area (Å²) in [4.78, 5) is 14.2. The number of H-pyrrole nitrogens is 1. The highest BCUT2D eigenvalue weighted by Gasteiger charge is 2.19. The quantitative estimate of drug-likeness (QED) is 0.848. The minimum atomic E-state index is -0.478. The third-order valence-corrected chi connectivity index (χ3v) is 4.15. The number of hydrogen-bond donors (Lipinski definition) is 2. The number of benzene rings is 1. The fraction of sp³-hybridized carbons (Fsp3) is 0.412. The van der Waals surface area contributed by atoms with Crippen LogP contribution in [0.5, 0.6) is 0 Å². The lowest BCUT2D eigenvalue weighted by Gasteiger charge is -2.28. The maximum absolute atomic E-state index is 11.8. The van der Waals surface area contributed by atoms with Crippen molar-refractivity contribution in [2.45, 2.75) is 26.2 Å². The molecule has 2 aromatic rings. The number of rotatable bonds is 4. The van der Waals surface area contributed by atoms with Crippen LogP contribution >= 0.6 is 0 Å². The molecular weight excluding hydrogens is 292 g/mol. The topological polar surface area (TPSA) is 84.2 Å². The molecule has 1 aliphatic rings. The zero-order valence-corrected chi connectivity index (χ0v) is 13.3. The van der Waals surface area contributed by atoms with Crippen LogP contribution in [0.4, 0.5) is 11.4 Å². The van der Waals surface area contributed by atoms with Gasteiger partial charge in [-0.05, 0) is 38.3 Å². The molecule has 1 aromatic carbocycles. The summed E-state index contributed by atoms with van der Waals surface area (Å²) in [6.07, 6.45) is 3.81. The van der Waals surface area contributed by atoms with Gasteiger partial charge in [0.25, 0.3) is 0 Å². The summed E-state index contributed by atoms with van der Waals surface area (Å²) in [5, 5.41) is 6.84. The van der Waals surface area contributed by atoms with Gasteiger partial charge in [-0.2, -0.15) is 5.10 Å². The lowest BCUT2D eigenvalue weighted by molar-refractivity contribution is 0.0520. The van der Waals surface area contributed by atoms with Crippen molar-refractivity contribution >= 4 is 17.3 Å². The molecular formula is C17H22N4O2. The fourth-order valence-electron chi connectivity index (χ4n) is 2.91. The van der Waals surface area contributed by atoms with Gasteiger partial charge in [0, 0.05) is 24.3 Å². The molecule has 23 heavy (non-hydrogen) atoms. The second-order valence-corrected chi connectivity index (χ2v) is 5.68. The molecule has 3 N–H and O–H groups in total. The average Bonchev–Trinajstić information content (AvgIpc) is 2.98. The number of nitrogens with one attached hydrogen (secondary N) is 1. The van der Waals surface area contributed by atoms with E-state index in [0.29, 0.717) is 18.0 Å². The van der Waals surface area contributed by atoms with Crippen LogP contribution in [-0.4, -0.2) is 35.9 Å². The number of anilines is 2. The largest absolute Gasteiger partial charge is 0.461 e. The first kappa shape index (κ1) is 15.4. The Hall–Kier alpha value is -2.50. The molecule has 1 aromatic heterocycles. The van der Waals surface area contributed by atoms with Crippen LogP contribution in [0.25, 0.3) is 11.3 Å². The van der Waals surface area contributed by atoms with Crippen molar-refractivity contribution in [2.75, 3.05) is 30.3 Å². The van der Waals surface area contributed by atoms with Gasteiger partial charge in [-0.1, -0.05) is 12.1 Å². The normalized spacial score (nSPS) is 14.7. The van der Waals surface area contributed by atoms with Crippen LogP contribution in [0, 0.1) is 0 Å². The van der Waals surface area contributed by atoms with E-state index in [2.05, 4.69) is 27.2 Å². The maximum atomic E-state index is 11.8. The van der Waals surface area contributed by atoms with Crippen LogP contribution in [0.3, 0.4) is 0 Å². The lowest BCUT2D eigenvalue weighted by atomic mass is 10.1. The number of carbonyl (C=O) groups excluding carboxylic acids is 1. The number of nitrogen functional groups attached to an aromatic ring is 1. The molecule has 1 fully saturated rings. The number of hydrogen-bond acceptors (Lipinski definition) is 5. The van der Waals surface area contributed by atoms with Crippen molar-refractivity contribution in [3.63, 3.8) is 0 Å². The minimum absolute atomic E-state index is 0.210. The number of ether oxygens (including phenoxy) is 1. The highest BCUT2D eigenvalue weighted by molar-refractivity contribution is 5.96. The standard InChI is InChI=1S/C17H22N4O2/c1-2-23-17(22)16-14(18)15(19-20-16)12-6-8-13(9-7-12)21-10-4-3-5-11-21/h6-9H,2-5,10-11,18H2,1H3,(H,19,20). The van der Waals surface area contributed by atoms with E-state index in [-0.39, 0.29) is 5.69 Å². The first-order chi connectivity index (χ1) is 11.2. The average molecular weight is 314 g/mol. The van der Waals surface area contributed by atoms with Crippen LogP contribution in [0.1, 0.15) is 36.7 Å². The number of nitrogens with two attached hydrogens (primary N) is 1. The second-order valence-electron chi connectivity index (χ2n) is 5.68. The Kier molecular flexibility index (Phi) is 4.50. The maximum Gasteiger partial charge on any atom is 0.358 e. The Bertz CT molecular complexity index is 672. The van der Waals surface area contributed by atoms with Crippen molar-refractivity contribution in [2.24, 2.45) is 0 Å². The molecule has 0 saturated carbocycles. The van der Waals surface area contributed by atoms with Crippen molar-refractivity contribution < 1.29 is 9.53 Å². The van der Waals surface area contributed by atoms with Crippen LogP contribution in [0.15, 0.2) is 24.3 Å². The van der Waals surface area contributed by atoms with E-state index in [0.717, 1.165) is 18.7 Å². The molecule has 0 amide bonds. The summed E-state index contributed by atoms with van der Waals surface area (Å²) >= 11 is 0. The minimum Gasteiger partial charge on any atom is -0.461 e. The monoisotopic (exact) mass is 314 g/mol. The molecule has 0 spiro atoms. The third-order valence-electron chi connectivity index (χ3n) is 4.15. The Labute approximate surface area is 135 Å². The van der Waals surface area contributed by atoms with E-state index in [9.17, 15) is 4.79 Å². The van der Waals surface area contributed by atoms with Gasteiger partial charge in [0.1, 0.15) is 5.69 Å². The van der Waals surface area contributed by atoms with Crippen LogP contribution < -0.4 is 10.6 Å². The zero-order valence-electron chi connectivity index (χ0n) is 13.3. The van der Waals surface area contributed by atoms with Gasteiger partial charge in [0.2, 0.25) is 0 Å². The molecule has 0 atom stereocenters. The van der Waals surface area contributed by atoms with Gasteiger partial charge >= 0.3 is 5.97 Å². The van der Waals surface area contributed by atoms with Crippen molar-refractivity contribution in [3.05, 3.63) is 30.0 Å². The molecule has 0 bridgehead atoms. The summed E-state index contributed by atoms with van der Waals surface area (Å²) in [7, 11) is 0. The Morgan fingerprint density at radius 3 is 2.61 bits per heavy atom. The lowest BCUT2D eigenvalue weighted by Crippen LogP contribution is -2.29. The number of nitrogens with zero attached hydrogens (tertiary/aromatic N) is 2. The van der Waals surface area contributed by atoms with Gasteiger partial charge in [-0.3, -0.25) is 5.10 Å². The van der Waals surface area contributed by atoms with Crippen molar-refractivity contribution in [1.29, 1.82) is 0 Å². The third kappa shape index (κ3) is 3.16. The predicted molar refractivity (Wildman–Crippen MR) is 90.5 cm³/mol. The number of aromatic amines is 1. The number of carbonyl (C=O) groups is 1. The summed E-state index contributed by atoms with van der Waals surface area (Å²) in [5.74, 6) is -0.478. The Balaban J connectivity index is 1.81. The van der Waals surface area contributed by atoms with Crippen LogP contribution in [0.2, 0.25) is 0 Å². The van der Waals surface area contributed by atoms with E-state index in [4.69, 9.17) is 10.5 Å². The Morgan fingerprint density at radius 1 is 1.26 bits per heavy atom. The van der Waals surface area contributed by atoms with E-state index in [1.54, 1.807) is 6.92 Å². The summed E-state index contributed by atoms with van der Waals surface area (Å²) in [6.45, 7) is 4.27. The fourth-order valence-corrected chi connectivity index (χ4v) is 2.91. The molecule has 0 unspecified atom stereocenters. The van der Waals surface area contributed by atoms with Gasteiger partial charge in [-0.15, -0.1) is 0 Å². The number of piperidine rings is 1. The van der Waals surface area contributed by atoms with Crippen molar-refractivity contribution in [1.82, 2.24) is 10.2 Å². The highest BCUT2D eigenvalue weighted by atomic mass is 16.5. The highest BCUT2D eigenvalue weighted by Crippen LogP contribution is 2.29. The van der Waals surface area contributed by atoms with E-state index in [1.807, 2.05) is 12.1 Å². The van der Waals surface area contributed by atoms with Crippen molar-refractivity contribution in [3.8, 4) is 11.3 Å². The first-order valence-corrected chi connectivity index (χ1v) is 8.07. The molecule has 0 aliphatic carbocycles. The van der Waals surface area contributed by atoms with Crippen LogP contribution in [-0.2, 0) is 4.74 Å². The van der Waals surface area contributed by atoms with E-state index in [1.165, 1.54) is 24.9 Å².